The fraction of sp³-hybridized carbons (Fsp3) is 0.105. The van der Waals surface area contributed by atoms with Crippen LogP contribution >= 0.6 is 11.3 Å². The second-order valence-electron chi connectivity index (χ2n) is 5.41. The van der Waals surface area contributed by atoms with Gasteiger partial charge in [-0.25, -0.2) is 4.79 Å². The molecule has 5 nitrogen and oxygen atoms in total. The predicted molar refractivity (Wildman–Crippen MR) is 97.2 cm³/mol. The molecule has 25 heavy (non-hydrogen) atoms. The highest BCUT2D eigenvalue weighted by Crippen LogP contribution is 2.25. The minimum atomic E-state index is -0.510. The van der Waals surface area contributed by atoms with Crippen LogP contribution in [-0.4, -0.2) is 24.3 Å². The molecule has 0 fully saturated rings. The molecule has 6 heteroatoms. The topological polar surface area (TPSA) is 72.5 Å². The zero-order chi connectivity index (χ0) is 17.8. The number of hydrogen-bond donors (Lipinski definition) is 1. The summed E-state index contributed by atoms with van der Waals surface area (Å²) < 4.78 is 6.12. The smallest absolute Gasteiger partial charge is 0.348 e. The summed E-state index contributed by atoms with van der Waals surface area (Å²) >= 11 is 1.33. The van der Waals surface area contributed by atoms with Gasteiger partial charge in [0.2, 0.25) is 5.91 Å². The summed E-state index contributed by atoms with van der Waals surface area (Å²) in [6.45, 7) is 1.08. The van der Waals surface area contributed by atoms with E-state index in [0.717, 1.165) is 10.1 Å². The van der Waals surface area contributed by atoms with Crippen LogP contribution in [0.4, 0.5) is 5.69 Å². The monoisotopic (exact) mass is 353 g/mol. The van der Waals surface area contributed by atoms with E-state index in [1.807, 2.05) is 24.3 Å². The molecule has 0 saturated heterocycles. The maximum absolute atomic E-state index is 12.1. The lowest BCUT2D eigenvalue weighted by atomic mass is 10.1. The molecule has 2 aromatic carbocycles. The van der Waals surface area contributed by atoms with Crippen LogP contribution in [0.5, 0.6) is 0 Å². The largest absolute Gasteiger partial charge is 0.453 e. The maximum atomic E-state index is 12.1. The molecule has 0 spiro atoms. The molecule has 0 aliphatic heterocycles. The third-order valence-corrected chi connectivity index (χ3v) is 4.58. The number of rotatable bonds is 5. The van der Waals surface area contributed by atoms with Crippen LogP contribution < -0.4 is 5.32 Å². The Balaban J connectivity index is 1.61. The van der Waals surface area contributed by atoms with E-state index in [-0.39, 0.29) is 18.3 Å². The van der Waals surface area contributed by atoms with E-state index in [2.05, 4.69) is 5.32 Å². The summed E-state index contributed by atoms with van der Waals surface area (Å²) in [7, 11) is 0. The number of carbonyl (C=O) groups is 3. The number of esters is 1. The van der Waals surface area contributed by atoms with Gasteiger partial charge in [0.25, 0.3) is 0 Å². The van der Waals surface area contributed by atoms with E-state index < -0.39 is 5.97 Å². The number of ether oxygens (including phenoxy) is 1. The van der Waals surface area contributed by atoms with E-state index in [1.165, 1.54) is 18.3 Å². The number of amides is 1. The number of carbonyl (C=O) groups excluding carboxylic acids is 3. The number of hydrogen-bond acceptors (Lipinski definition) is 5. The highest BCUT2D eigenvalue weighted by atomic mass is 32.1. The van der Waals surface area contributed by atoms with Crippen molar-refractivity contribution in [2.45, 2.75) is 6.92 Å². The van der Waals surface area contributed by atoms with Crippen molar-refractivity contribution in [1.82, 2.24) is 0 Å². The molecule has 1 aromatic heterocycles. The van der Waals surface area contributed by atoms with Crippen LogP contribution in [0.3, 0.4) is 0 Å². The quantitative estimate of drug-likeness (QED) is 0.558. The molecule has 126 valence electrons. The van der Waals surface area contributed by atoms with Gasteiger partial charge in [0.05, 0.1) is 0 Å². The fourth-order valence-corrected chi connectivity index (χ4v) is 3.27. The van der Waals surface area contributed by atoms with Gasteiger partial charge >= 0.3 is 5.97 Å². The van der Waals surface area contributed by atoms with E-state index in [9.17, 15) is 14.4 Å². The zero-order valence-electron chi connectivity index (χ0n) is 13.4. The Morgan fingerprint density at radius 3 is 2.44 bits per heavy atom. The number of anilines is 1. The molecule has 1 amide bonds. The molecule has 0 saturated carbocycles. The average Bonchev–Trinajstić information content (AvgIpc) is 3.03. The van der Waals surface area contributed by atoms with Crippen LogP contribution in [-0.2, 0) is 9.53 Å². The minimum absolute atomic E-state index is 0.184. The fourth-order valence-electron chi connectivity index (χ4n) is 2.31. The Kier molecular flexibility index (Phi) is 4.90. The van der Waals surface area contributed by atoms with Gasteiger partial charge < -0.3 is 10.1 Å². The molecule has 3 rings (SSSR count). The summed E-state index contributed by atoms with van der Waals surface area (Å²) in [6, 6.07) is 15.8. The Morgan fingerprint density at radius 1 is 1.04 bits per heavy atom. The molecule has 1 N–H and O–H groups in total. The number of ketones is 1. The number of benzene rings is 2. The van der Waals surface area contributed by atoms with Gasteiger partial charge in [0.1, 0.15) is 4.88 Å². The normalized spacial score (nSPS) is 10.4. The second-order valence-corrected chi connectivity index (χ2v) is 6.49. The van der Waals surface area contributed by atoms with E-state index in [4.69, 9.17) is 4.74 Å². The maximum Gasteiger partial charge on any atom is 0.348 e. The van der Waals surface area contributed by atoms with E-state index >= 15 is 0 Å². The Morgan fingerprint density at radius 2 is 1.76 bits per heavy atom. The van der Waals surface area contributed by atoms with Crippen molar-refractivity contribution in [2.75, 3.05) is 11.9 Å². The summed E-state index contributed by atoms with van der Waals surface area (Å²) in [5.41, 5.74) is 1.02. The van der Waals surface area contributed by atoms with Crippen molar-refractivity contribution in [3.8, 4) is 0 Å². The van der Waals surface area contributed by atoms with Gasteiger partial charge in [-0.05, 0) is 41.8 Å². The molecule has 0 aliphatic carbocycles. The second kappa shape index (κ2) is 7.27. The number of fused-ring (bicyclic) bond motifs is 1. The molecular formula is C19H15NO4S. The Labute approximate surface area is 148 Å². The molecule has 0 aliphatic rings. The summed E-state index contributed by atoms with van der Waals surface area (Å²) in [5, 5.41) is 3.59. The van der Waals surface area contributed by atoms with Crippen LogP contribution in [0, 0.1) is 0 Å². The third kappa shape index (κ3) is 4.10. The zero-order valence-corrected chi connectivity index (χ0v) is 14.3. The molecule has 3 aromatic rings. The van der Waals surface area contributed by atoms with Crippen LogP contribution in [0.25, 0.3) is 10.1 Å². The van der Waals surface area contributed by atoms with E-state index in [1.54, 1.807) is 30.3 Å². The lowest BCUT2D eigenvalue weighted by molar-refractivity contribution is -0.114. The molecule has 1 heterocycles. The summed E-state index contributed by atoms with van der Waals surface area (Å²) in [6.07, 6.45) is 0. The van der Waals surface area contributed by atoms with Crippen molar-refractivity contribution < 1.29 is 19.1 Å². The SMILES string of the molecule is CC(=O)Nc1ccc(C(=O)COC(=O)c2cc3ccccc3s2)cc1. The van der Waals surface area contributed by atoms with Gasteiger partial charge in [-0.2, -0.15) is 0 Å². The minimum Gasteiger partial charge on any atom is -0.453 e. The first kappa shape index (κ1) is 16.9. The summed E-state index contributed by atoms with van der Waals surface area (Å²) in [5.74, 6) is -0.996. The van der Waals surface area contributed by atoms with Crippen LogP contribution in [0.2, 0.25) is 0 Å². The van der Waals surface area contributed by atoms with Gasteiger partial charge in [-0.3, -0.25) is 9.59 Å². The van der Waals surface area contributed by atoms with Crippen molar-refractivity contribution in [3.63, 3.8) is 0 Å². The lowest BCUT2D eigenvalue weighted by Crippen LogP contribution is -2.13. The average molecular weight is 353 g/mol. The van der Waals surface area contributed by atoms with E-state index in [0.29, 0.717) is 16.1 Å². The molecule has 0 unspecified atom stereocenters. The number of nitrogens with one attached hydrogen (secondary N) is 1. The van der Waals surface area contributed by atoms with Crippen molar-refractivity contribution in [2.24, 2.45) is 0 Å². The molecular weight excluding hydrogens is 338 g/mol. The third-order valence-electron chi connectivity index (χ3n) is 3.49. The molecule has 0 atom stereocenters. The van der Waals surface area contributed by atoms with Crippen molar-refractivity contribution in [3.05, 3.63) is 65.0 Å². The Hall–Kier alpha value is -2.99. The van der Waals surface area contributed by atoms with Crippen molar-refractivity contribution in [1.29, 1.82) is 0 Å². The first-order chi connectivity index (χ1) is 12.0. The lowest BCUT2D eigenvalue weighted by Gasteiger charge is -2.05. The van der Waals surface area contributed by atoms with Crippen molar-refractivity contribution >= 4 is 44.8 Å². The van der Waals surface area contributed by atoms with Gasteiger partial charge in [-0.1, -0.05) is 18.2 Å². The first-order valence-electron chi connectivity index (χ1n) is 7.59. The van der Waals surface area contributed by atoms with Gasteiger partial charge in [-0.15, -0.1) is 11.3 Å². The highest BCUT2D eigenvalue weighted by Gasteiger charge is 2.14. The number of Topliss-reactive ketones (excluding diaryl/α,β-unsaturated/α-hetero) is 1. The molecule has 0 radical (unpaired) electrons. The number of thiophene rings is 1. The molecule has 0 bridgehead atoms. The summed E-state index contributed by atoms with van der Waals surface area (Å²) in [4.78, 5) is 35.7. The standard InChI is InChI=1S/C19H15NO4S/c1-12(21)20-15-8-6-13(7-9-15)16(22)11-24-19(23)18-10-14-4-2-3-5-17(14)25-18/h2-10H,11H2,1H3,(H,20,21). The highest BCUT2D eigenvalue weighted by molar-refractivity contribution is 7.20. The van der Waals surface area contributed by atoms with Gasteiger partial charge in [0, 0.05) is 22.9 Å². The first-order valence-corrected chi connectivity index (χ1v) is 8.41. The predicted octanol–water partition coefficient (Wildman–Crippen LogP) is 3.90. The van der Waals surface area contributed by atoms with Crippen LogP contribution in [0.1, 0.15) is 27.0 Å². The van der Waals surface area contributed by atoms with Crippen LogP contribution in [0.15, 0.2) is 54.6 Å². The van der Waals surface area contributed by atoms with Gasteiger partial charge in [0.15, 0.2) is 12.4 Å². The Bertz CT molecular complexity index is 910.